The van der Waals surface area contributed by atoms with E-state index in [1.165, 1.54) is 11.1 Å². The molecule has 356 valence electrons. The minimum absolute atomic E-state index is 0.0948. The fourth-order valence-electron chi connectivity index (χ4n) is 5.67. The zero-order chi connectivity index (χ0) is 45.8. The average Bonchev–Trinajstić information content (AvgIpc) is 3.34. The maximum absolute atomic E-state index is 11.0. The Kier molecular flexibility index (Phi) is 28.0. The second-order valence-electron chi connectivity index (χ2n) is 13.9. The number of ether oxygens (including phenoxy) is 12. The molecule has 0 bridgehead atoms. The number of thiol groups is 2. The second kappa shape index (κ2) is 34.5. The van der Waals surface area contributed by atoms with E-state index < -0.39 is 0 Å². The molecule has 0 aliphatic carbocycles. The van der Waals surface area contributed by atoms with E-state index in [-0.39, 0.29) is 23.4 Å². The van der Waals surface area contributed by atoms with Crippen LogP contribution in [-0.2, 0) is 51.1 Å². The second-order valence-corrected chi connectivity index (χ2v) is 14.5. The third-order valence-electron chi connectivity index (χ3n) is 8.89. The van der Waals surface area contributed by atoms with Crippen LogP contribution >= 0.6 is 25.3 Å². The number of para-hydroxylation sites is 4. The Hall–Kier alpha value is -4.88. The molecule has 0 spiro atoms. The van der Waals surface area contributed by atoms with E-state index in [2.05, 4.69) is 54.8 Å². The lowest BCUT2D eigenvalue weighted by atomic mass is 10.2. The van der Waals surface area contributed by atoms with E-state index in [0.29, 0.717) is 142 Å². The van der Waals surface area contributed by atoms with Gasteiger partial charge in [-0.25, -0.2) is 0 Å². The van der Waals surface area contributed by atoms with Gasteiger partial charge < -0.3 is 62.2 Å². The highest BCUT2D eigenvalue weighted by Gasteiger charge is 2.08. The number of fused-ring (bicyclic) bond motifs is 2. The first-order valence-corrected chi connectivity index (χ1v) is 23.1. The van der Waals surface area contributed by atoms with Crippen LogP contribution in [0.1, 0.15) is 24.0 Å². The minimum atomic E-state index is -0.315. The fraction of sp³-hybridized carbons (Fsp3) is 0.458. The van der Waals surface area contributed by atoms with Crippen molar-refractivity contribution in [3.63, 3.8) is 0 Å². The zero-order valence-corrected chi connectivity index (χ0v) is 38.8. The highest BCUT2D eigenvalue weighted by molar-refractivity contribution is 7.81. The van der Waals surface area contributed by atoms with Gasteiger partial charge in [-0.3, -0.25) is 9.59 Å². The van der Waals surface area contributed by atoms with E-state index >= 15 is 0 Å². The summed E-state index contributed by atoms with van der Waals surface area (Å²) in [5, 5.41) is 2.23. The molecule has 2 N–H and O–H groups in total. The molecule has 0 radical (unpaired) electrons. The fourth-order valence-corrected chi connectivity index (χ4v) is 5.86. The SMILES string of the molecule is O=C(CS)OCCCOc1ccc(C[NH2+]Cc2ccc(OCCCOC(=O)CS)cc2)cc1.c1ccc2c(c1)OCCOCCOCCOc1ccccc1OCCOCCOCCO2. The number of hydrogen-bond donors (Lipinski definition) is 3. The van der Waals surface area contributed by atoms with Gasteiger partial charge in [0.1, 0.15) is 51.0 Å². The summed E-state index contributed by atoms with van der Waals surface area (Å²) in [6, 6.07) is 31.1. The van der Waals surface area contributed by atoms with Crippen molar-refractivity contribution in [1.82, 2.24) is 0 Å². The number of nitrogens with two attached hydrogens (primary N) is 1. The van der Waals surface area contributed by atoms with E-state index in [0.717, 1.165) is 24.6 Å². The molecule has 0 saturated carbocycles. The molecule has 4 aromatic carbocycles. The normalized spacial score (nSPS) is 14.3. The molecule has 1 heterocycles. The van der Waals surface area contributed by atoms with Crippen LogP contribution in [0.4, 0.5) is 0 Å². The topological polar surface area (TPSA) is 162 Å². The number of rotatable bonds is 16. The first-order chi connectivity index (χ1) is 32.0. The summed E-state index contributed by atoms with van der Waals surface area (Å²) in [5.41, 5.74) is 2.42. The van der Waals surface area contributed by atoms with Crippen LogP contribution in [0.2, 0.25) is 0 Å². The van der Waals surface area contributed by atoms with Gasteiger partial charge in [-0.15, -0.1) is 0 Å². The first-order valence-electron chi connectivity index (χ1n) is 21.8. The third kappa shape index (κ3) is 24.3. The van der Waals surface area contributed by atoms with Crippen molar-refractivity contribution in [2.75, 3.05) is 117 Å². The van der Waals surface area contributed by atoms with Gasteiger partial charge in [0.05, 0.1) is 90.8 Å². The molecule has 0 amide bonds. The van der Waals surface area contributed by atoms with Gasteiger partial charge in [0.15, 0.2) is 23.0 Å². The molecule has 0 aromatic heterocycles. The summed E-state index contributed by atoms with van der Waals surface area (Å²) in [6.07, 6.45) is 1.29. The molecular formula is C48H64NO14S2+. The van der Waals surface area contributed by atoms with Crippen LogP contribution in [0, 0.1) is 0 Å². The molecule has 0 saturated heterocycles. The Balaban J connectivity index is 0.000000285. The number of hydrogen-bond acceptors (Lipinski definition) is 16. The lowest BCUT2D eigenvalue weighted by Crippen LogP contribution is -2.80. The summed E-state index contributed by atoms with van der Waals surface area (Å²) in [7, 11) is 0. The molecule has 4 aromatic rings. The van der Waals surface area contributed by atoms with Gasteiger partial charge in [-0.1, -0.05) is 24.3 Å². The van der Waals surface area contributed by atoms with Crippen LogP contribution < -0.4 is 33.7 Å². The van der Waals surface area contributed by atoms with Crippen molar-refractivity contribution in [3.8, 4) is 34.5 Å². The molecule has 0 fully saturated rings. The summed E-state index contributed by atoms with van der Waals surface area (Å²) in [6.45, 7) is 8.88. The summed E-state index contributed by atoms with van der Waals surface area (Å²) in [5.74, 6) is 3.89. The lowest BCUT2D eigenvalue weighted by Gasteiger charge is -2.14. The van der Waals surface area contributed by atoms with Crippen molar-refractivity contribution in [2.24, 2.45) is 0 Å². The number of quaternary nitrogens is 1. The molecule has 0 atom stereocenters. The quantitative estimate of drug-likeness (QED) is 0.0743. The van der Waals surface area contributed by atoms with Crippen molar-refractivity contribution in [3.05, 3.63) is 108 Å². The van der Waals surface area contributed by atoms with Gasteiger partial charge in [0.25, 0.3) is 0 Å². The van der Waals surface area contributed by atoms with E-state index in [9.17, 15) is 9.59 Å². The van der Waals surface area contributed by atoms with Crippen LogP contribution in [0.3, 0.4) is 0 Å². The Bertz CT molecular complexity index is 1660. The molecule has 5 rings (SSSR count). The predicted octanol–water partition coefficient (Wildman–Crippen LogP) is 5.42. The molecular weight excluding hydrogens is 879 g/mol. The molecule has 15 nitrogen and oxygen atoms in total. The monoisotopic (exact) mass is 942 g/mol. The van der Waals surface area contributed by atoms with Crippen LogP contribution in [-0.4, -0.2) is 129 Å². The molecule has 1 aliphatic heterocycles. The van der Waals surface area contributed by atoms with E-state index in [4.69, 9.17) is 56.8 Å². The number of esters is 2. The van der Waals surface area contributed by atoms with Crippen LogP contribution in [0.25, 0.3) is 0 Å². The molecule has 65 heavy (non-hydrogen) atoms. The minimum Gasteiger partial charge on any atom is -0.493 e. The van der Waals surface area contributed by atoms with Crippen LogP contribution in [0.5, 0.6) is 34.5 Å². The molecule has 0 unspecified atom stereocenters. The van der Waals surface area contributed by atoms with Gasteiger partial charge in [-0.2, -0.15) is 25.3 Å². The van der Waals surface area contributed by atoms with Crippen molar-refractivity contribution < 1.29 is 71.7 Å². The Labute approximate surface area is 393 Å². The van der Waals surface area contributed by atoms with E-state index in [1.54, 1.807) is 0 Å². The van der Waals surface area contributed by atoms with Crippen molar-refractivity contribution in [2.45, 2.75) is 25.9 Å². The zero-order valence-electron chi connectivity index (χ0n) is 37.0. The van der Waals surface area contributed by atoms with Crippen LogP contribution in [0.15, 0.2) is 97.1 Å². The average molecular weight is 943 g/mol. The summed E-state index contributed by atoms with van der Waals surface area (Å²) in [4.78, 5) is 22.0. The first kappa shape index (κ1) is 52.7. The third-order valence-corrected chi connectivity index (χ3v) is 9.41. The highest BCUT2D eigenvalue weighted by atomic mass is 32.1. The predicted molar refractivity (Wildman–Crippen MR) is 250 cm³/mol. The van der Waals surface area contributed by atoms with Gasteiger partial charge in [0, 0.05) is 24.0 Å². The standard InChI is InChI=1S/C24H31NO6S2.C24H32O8/c26-23(17-32)30-13-1-11-28-21-7-3-19(4-8-21)15-25-16-20-5-9-22(10-6-20)29-12-2-14-31-24(27)18-33;1-2-6-22-21(5-1)29-17-13-25-9-10-27-15-19-31-23-7-3-4-8-24(23)32-20-16-28-12-11-26-14-18-30-22/h3-10,25,32-33H,1-2,11-18H2;1-8H,9-20H2/p+1. The number of benzene rings is 4. The summed E-state index contributed by atoms with van der Waals surface area (Å²) < 4.78 is 66.6. The molecule has 1 aliphatic rings. The molecule has 17 heteroatoms. The maximum atomic E-state index is 11.0. The summed E-state index contributed by atoms with van der Waals surface area (Å²) >= 11 is 7.71. The van der Waals surface area contributed by atoms with Gasteiger partial charge in [0.2, 0.25) is 0 Å². The van der Waals surface area contributed by atoms with Gasteiger partial charge >= 0.3 is 11.9 Å². The van der Waals surface area contributed by atoms with E-state index in [1.807, 2.05) is 72.8 Å². The highest BCUT2D eigenvalue weighted by Crippen LogP contribution is 2.27. The number of carbonyl (C=O) groups is 2. The Morgan fingerprint density at radius 3 is 1.05 bits per heavy atom. The Morgan fingerprint density at radius 2 is 0.738 bits per heavy atom. The van der Waals surface area contributed by atoms with Gasteiger partial charge in [-0.05, 0) is 72.8 Å². The largest absolute Gasteiger partial charge is 0.493 e. The maximum Gasteiger partial charge on any atom is 0.315 e. The number of carbonyl (C=O) groups excluding carboxylic acids is 2. The lowest BCUT2D eigenvalue weighted by molar-refractivity contribution is -0.686. The Morgan fingerprint density at radius 1 is 0.431 bits per heavy atom. The van der Waals surface area contributed by atoms with Crippen molar-refractivity contribution >= 4 is 37.2 Å². The van der Waals surface area contributed by atoms with Crippen molar-refractivity contribution in [1.29, 1.82) is 0 Å². The smallest absolute Gasteiger partial charge is 0.315 e.